The van der Waals surface area contributed by atoms with Gasteiger partial charge in [0.05, 0.1) is 40.9 Å². The first-order valence-corrected chi connectivity index (χ1v) is 12.9. The number of hydrogen-bond donors (Lipinski definition) is 1. The number of anilines is 1. The second-order valence-corrected chi connectivity index (χ2v) is 10.6. The van der Waals surface area contributed by atoms with Gasteiger partial charge in [-0.15, -0.1) is 0 Å². The van der Waals surface area contributed by atoms with Gasteiger partial charge in [0.25, 0.3) is 10.0 Å². The number of nitrogens with zero attached hydrogens (tertiary/aromatic N) is 1. The summed E-state index contributed by atoms with van der Waals surface area (Å²) in [6.07, 6.45) is 1.74. The van der Waals surface area contributed by atoms with Gasteiger partial charge in [0.15, 0.2) is 5.75 Å². The molecule has 0 atom stereocenters. The number of hydrogen-bond acceptors (Lipinski definition) is 6. The molecular weight excluding hydrogens is 530 g/mol. The zero-order chi connectivity index (χ0) is 26.0. The molecule has 1 aliphatic carbocycles. The van der Waals surface area contributed by atoms with Crippen LogP contribution in [-0.2, 0) is 26.0 Å². The van der Waals surface area contributed by atoms with E-state index in [4.69, 9.17) is 27.9 Å². The summed E-state index contributed by atoms with van der Waals surface area (Å²) in [5.74, 6) is -1.18. The van der Waals surface area contributed by atoms with Gasteiger partial charge in [-0.2, -0.15) is 5.26 Å². The minimum atomic E-state index is -4.18. The quantitative estimate of drug-likeness (QED) is 0.336. The first-order chi connectivity index (χ1) is 17.1. The van der Waals surface area contributed by atoms with Crippen molar-refractivity contribution in [1.29, 1.82) is 5.26 Å². The van der Waals surface area contributed by atoms with Crippen LogP contribution in [0.3, 0.4) is 0 Å². The molecule has 0 aliphatic heterocycles. The number of esters is 1. The Morgan fingerprint density at radius 1 is 1.11 bits per heavy atom. The van der Waals surface area contributed by atoms with Crippen LogP contribution in [0.2, 0.25) is 10.0 Å². The van der Waals surface area contributed by atoms with Gasteiger partial charge in [-0.1, -0.05) is 29.3 Å². The Hall–Kier alpha value is -3.32. The van der Waals surface area contributed by atoms with E-state index in [1.807, 2.05) is 6.07 Å². The Balaban J connectivity index is 1.66. The van der Waals surface area contributed by atoms with Crippen molar-refractivity contribution in [3.05, 3.63) is 81.1 Å². The summed E-state index contributed by atoms with van der Waals surface area (Å²) in [6, 6.07) is 12.9. The van der Waals surface area contributed by atoms with Crippen LogP contribution >= 0.6 is 23.2 Å². The molecule has 3 aromatic carbocycles. The van der Waals surface area contributed by atoms with Gasteiger partial charge in [-0.05, 0) is 60.7 Å². The zero-order valence-corrected chi connectivity index (χ0v) is 21.2. The topological polar surface area (TPSA) is 105 Å². The van der Waals surface area contributed by atoms with Gasteiger partial charge in [0.1, 0.15) is 16.5 Å². The van der Waals surface area contributed by atoms with Crippen molar-refractivity contribution in [2.45, 2.75) is 30.1 Å². The predicted molar refractivity (Wildman–Crippen MR) is 133 cm³/mol. The van der Waals surface area contributed by atoms with Gasteiger partial charge in [-0.3, -0.25) is 9.52 Å². The van der Waals surface area contributed by atoms with Crippen LogP contribution in [0.5, 0.6) is 11.5 Å². The van der Waals surface area contributed by atoms with E-state index in [0.29, 0.717) is 5.92 Å². The Morgan fingerprint density at radius 2 is 1.86 bits per heavy atom. The van der Waals surface area contributed by atoms with Crippen molar-refractivity contribution in [3.63, 3.8) is 0 Å². The fraction of sp³-hybridized carbons (Fsp3) is 0.200. The SMILES string of the molecule is COC(=O)Cc1cc(Cl)c(Oc2ccc(C#N)cc2NS(=O)(=O)c2ccc(C3CC3)cc2Cl)cc1F. The van der Waals surface area contributed by atoms with Crippen LogP contribution in [0.4, 0.5) is 10.1 Å². The highest BCUT2D eigenvalue weighted by atomic mass is 35.5. The van der Waals surface area contributed by atoms with Crippen LogP contribution in [-0.4, -0.2) is 21.5 Å². The maximum Gasteiger partial charge on any atom is 0.310 e. The highest BCUT2D eigenvalue weighted by Gasteiger charge is 2.27. The predicted octanol–water partition coefficient (Wildman–Crippen LogP) is 6.19. The first-order valence-electron chi connectivity index (χ1n) is 10.7. The Kier molecular flexibility index (Phi) is 7.41. The van der Waals surface area contributed by atoms with E-state index in [1.165, 1.54) is 37.4 Å². The summed E-state index contributed by atoms with van der Waals surface area (Å²) in [5, 5.41) is 9.34. The van der Waals surface area contributed by atoms with Gasteiger partial charge < -0.3 is 9.47 Å². The molecule has 1 saturated carbocycles. The van der Waals surface area contributed by atoms with Gasteiger partial charge in [0, 0.05) is 11.6 Å². The van der Waals surface area contributed by atoms with Crippen LogP contribution in [0, 0.1) is 17.1 Å². The smallest absolute Gasteiger partial charge is 0.310 e. The molecule has 1 fully saturated rings. The third-order valence-electron chi connectivity index (χ3n) is 5.53. The summed E-state index contributed by atoms with van der Waals surface area (Å²) in [6.45, 7) is 0. The van der Waals surface area contributed by atoms with Crippen molar-refractivity contribution >= 4 is 44.9 Å². The number of carbonyl (C=O) groups is 1. The average molecular weight is 549 g/mol. The molecule has 7 nitrogen and oxygen atoms in total. The molecule has 186 valence electrons. The van der Waals surface area contributed by atoms with Gasteiger partial charge in [-0.25, -0.2) is 12.8 Å². The maximum absolute atomic E-state index is 14.6. The number of methoxy groups -OCH3 is 1. The summed E-state index contributed by atoms with van der Waals surface area (Å²) in [5.41, 5.74) is 1.05. The van der Waals surface area contributed by atoms with Crippen LogP contribution < -0.4 is 9.46 Å². The minimum Gasteiger partial charge on any atom is -0.469 e. The molecule has 3 aromatic rings. The minimum absolute atomic E-state index is 0.00393. The number of nitriles is 1. The highest BCUT2D eigenvalue weighted by molar-refractivity contribution is 7.92. The highest BCUT2D eigenvalue weighted by Crippen LogP contribution is 2.42. The lowest BCUT2D eigenvalue weighted by atomic mass is 10.1. The van der Waals surface area contributed by atoms with E-state index >= 15 is 0 Å². The van der Waals surface area contributed by atoms with Crippen LogP contribution in [0.15, 0.2) is 53.4 Å². The molecule has 0 unspecified atom stereocenters. The van der Waals surface area contributed by atoms with Gasteiger partial charge >= 0.3 is 5.97 Å². The standard InChI is InChI=1S/C25H19Cl2FN2O5S/c1-34-25(31)11-17-10-18(26)23(12-20(17)28)35-22-6-2-14(13-29)8-21(22)30-36(32,33)24-7-5-16(9-19(24)27)15-3-4-15/h2,5-10,12,15,30H,3-4,11H2,1H3. The summed E-state index contributed by atoms with van der Waals surface area (Å²) in [4.78, 5) is 11.3. The second kappa shape index (κ2) is 10.3. The fourth-order valence-electron chi connectivity index (χ4n) is 3.50. The number of sulfonamides is 1. The van der Waals surface area contributed by atoms with Crippen molar-refractivity contribution < 1.29 is 27.1 Å². The molecule has 0 aromatic heterocycles. The van der Waals surface area contributed by atoms with E-state index < -0.39 is 21.8 Å². The number of rotatable bonds is 8. The normalized spacial score (nSPS) is 13.1. The molecule has 4 rings (SSSR count). The molecule has 1 N–H and O–H groups in total. The van der Waals surface area contributed by atoms with Crippen molar-refractivity contribution in [1.82, 2.24) is 0 Å². The molecule has 0 saturated heterocycles. The van der Waals surface area contributed by atoms with E-state index in [0.717, 1.165) is 24.5 Å². The molecule has 36 heavy (non-hydrogen) atoms. The fourth-order valence-corrected chi connectivity index (χ4v) is 5.34. The summed E-state index contributed by atoms with van der Waals surface area (Å²) >= 11 is 12.5. The lowest BCUT2D eigenvalue weighted by molar-refractivity contribution is -0.139. The third kappa shape index (κ3) is 5.73. The van der Waals surface area contributed by atoms with E-state index in [9.17, 15) is 22.9 Å². The van der Waals surface area contributed by atoms with Crippen LogP contribution in [0.1, 0.15) is 35.4 Å². The number of carbonyl (C=O) groups excluding carboxylic acids is 1. The summed E-state index contributed by atoms with van der Waals surface area (Å²) < 4.78 is 53.5. The molecule has 0 amide bonds. The first kappa shape index (κ1) is 25.8. The average Bonchev–Trinajstić information content (AvgIpc) is 3.68. The van der Waals surface area contributed by atoms with E-state index in [1.54, 1.807) is 12.1 Å². The molecule has 0 radical (unpaired) electrons. The number of ether oxygens (including phenoxy) is 2. The maximum atomic E-state index is 14.6. The van der Waals surface area contributed by atoms with Crippen molar-refractivity contribution in [2.75, 3.05) is 11.8 Å². The second-order valence-electron chi connectivity index (χ2n) is 8.12. The van der Waals surface area contributed by atoms with E-state index in [-0.39, 0.29) is 49.7 Å². The number of benzene rings is 3. The Labute approximate surface area is 217 Å². The zero-order valence-electron chi connectivity index (χ0n) is 18.8. The summed E-state index contributed by atoms with van der Waals surface area (Å²) in [7, 11) is -3.00. The van der Waals surface area contributed by atoms with Crippen LogP contribution in [0.25, 0.3) is 0 Å². The lowest BCUT2D eigenvalue weighted by Gasteiger charge is -2.16. The lowest BCUT2D eigenvalue weighted by Crippen LogP contribution is -2.14. The number of nitrogens with one attached hydrogen (secondary N) is 1. The molecule has 0 heterocycles. The van der Waals surface area contributed by atoms with E-state index in [2.05, 4.69) is 9.46 Å². The third-order valence-corrected chi connectivity index (χ3v) is 7.67. The molecular formula is C25H19Cl2FN2O5S. The monoisotopic (exact) mass is 548 g/mol. The van der Waals surface area contributed by atoms with Crippen molar-refractivity contribution in [2.24, 2.45) is 0 Å². The molecule has 11 heteroatoms. The Bertz CT molecular complexity index is 1500. The largest absolute Gasteiger partial charge is 0.469 e. The molecule has 1 aliphatic rings. The molecule has 0 bridgehead atoms. The van der Waals surface area contributed by atoms with Gasteiger partial charge in [0.2, 0.25) is 0 Å². The molecule has 0 spiro atoms. The van der Waals surface area contributed by atoms with Crippen molar-refractivity contribution in [3.8, 4) is 17.6 Å². The number of halogens is 3. The Morgan fingerprint density at radius 3 is 2.50 bits per heavy atom.